The van der Waals surface area contributed by atoms with Crippen molar-refractivity contribution >= 4 is 44.3 Å². The molecule has 0 saturated heterocycles. The summed E-state index contributed by atoms with van der Waals surface area (Å²) in [6.45, 7) is 0. The lowest BCUT2D eigenvalue weighted by Gasteiger charge is -2.03. The molecule has 0 aliphatic carbocycles. The number of carbonyl (C=O) groups excluding carboxylic acids is 1. The number of rotatable bonds is 3. The van der Waals surface area contributed by atoms with E-state index in [0.29, 0.717) is 10.0 Å². The number of benzene rings is 2. The van der Waals surface area contributed by atoms with Gasteiger partial charge in [0.2, 0.25) is 0 Å². The molecule has 2 aromatic carbocycles. The highest BCUT2D eigenvalue weighted by molar-refractivity contribution is 14.1. The predicted octanol–water partition coefficient (Wildman–Crippen LogP) is 4.62. The van der Waals surface area contributed by atoms with Crippen LogP contribution < -0.4 is 0 Å². The van der Waals surface area contributed by atoms with Gasteiger partial charge < -0.3 is 0 Å². The van der Waals surface area contributed by atoms with Gasteiger partial charge in [-0.2, -0.15) is 0 Å². The maximum absolute atomic E-state index is 13.1. The summed E-state index contributed by atoms with van der Waals surface area (Å²) in [6.07, 6.45) is 0.277. The number of hydrogen-bond acceptors (Lipinski definition) is 1. The van der Waals surface area contributed by atoms with Crippen LogP contribution in [0.5, 0.6) is 0 Å². The molecule has 1 nitrogen and oxygen atoms in total. The molecule has 2 aromatic rings. The van der Waals surface area contributed by atoms with Gasteiger partial charge >= 0.3 is 0 Å². The van der Waals surface area contributed by atoms with Gasteiger partial charge in [-0.1, -0.05) is 18.2 Å². The maximum Gasteiger partial charge on any atom is 0.167 e. The number of Topliss-reactive ketones (excluding diaryl/α,β-unsaturated/α-hetero) is 1. The fourth-order valence-electron chi connectivity index (χ4n) is 1.60. The first-order valence-electron chi connectivity index (χ1n) is 5.29. The Morgan fingerprint density at radius 1 is 1.22 bits per heavy atom. The third-order valence-electron chi connectivity index (χ3n) is 2.50. The summed E-state index contributed by atoms with van der Waals surface area (Å²) in [4.78, 5) is 12.1. The van der Waals surface area contributed by atoms with Gasteiger partial charge in [-0.25, -0.2) is 4.39 Å². The van der Waals surface area contributed by atoms with Gasteiger partial charge in [0.15, 0.2) is 5.78 Å². The minimum atomic E-state index is -0.319. The molecule has 0 aromatic heterocycles. The SMILES string of the molecule is O=C(Cc1ccc(F)c(Br)c1)c1cccc(I)c1. The first kappa shape index (κ1) is 13.7. The van der Waals surface area contributed by atoms with Crippen LogP contribution >= 0.6 is 38.5 Å². The Morgan fingerprint density at radius 3 is 2.67 bits per heavy atom. The summed E-state index contributed by atoms with van der Waals surface area (Å²) in [6, 6.07) is 12.1. The van der Waals surface area contributed by atoms with Crippen LogP contribution in [0.3, 0.4) is 0 Å². The minimum absolute atomic E-state index is 0.0343. The molecule has 0 aliphatic rings. The lowest BCUT2D eigenvalue weighted by Crippen LogP contribution is -2.04. The normalized spacial score (nSPS) is 10.4. The van der Waals surface area contributed by atoms with Gasteiger partial charge in [0.05, 0.1) is 4.47 Å². The third kappa shape index (κ3) is 3.38. The van der Waals surface area contributed by atoms with Crippen LogP contribution in [-0.2, 0) is 6.42 Å². The monoisotopic (exact) mass is 418 g/mol. The summed E-state index contributed by atoms with van der Waals surface area (Å²) in [7, 11) is 0. The van der Waals surface area contributed by atoms with Gasteiger partial charge in [0.1, 0.15) is 5.82 Å². The van der Waals surface area contributed by atoms with Crippen LogP contribution in [0.25, 0.3) is 0 Å². The van der Waals surface area contributed by atoms with Crippen molar-refractivity contribution in [3.63, 3.8) is 0 Å². The summed E-state index contributed by atoms with van der Waals surface area (Å²) < 4.78 is 14.5. The lowest BCUT2D eigenvalue weighted by atomic mass is 10.0. The highest BCUT2D eigenvalue weighted by Gasteiger charge is 2.09. The molecule has 0 radical (unpaired) electrons. The molecule has 18 heavy (non-hydrogen) atoms. The van der Waals surface area contributed by atoms with E-state index in [-0.39, 0.29) is 18.0 Å². The molecule has 0 heterocycles. The van der Waals surface area contributed by atoms with Crippen LogP contribution in [0.4, 0.5) is 4.39 Å². The second-order valence-electron chi connectivity index (χ2n) is 3.86. The van der Waals surface area contributed by atoms with E-state index in [0.717, 1.165) is 9.13 Å². The van der Waals surface area contributed by atoms with E-state index in [2.05, 4.69) is 38.5 Å². The number of carbonyl (C=O) groups is 1. The molecular weight excluding hydrogens is 410 g/mol. The van der Waals surface area contributed by atoms with E-state index >= 15 is 0 Å². The average molecular weight is 419 g/mol. The average Bonchev–Trinajstić information content (AvgIpc) is 2.34. The Kier molecular flexibility index (Phi) is 4.50. The molecule has 0 amide bonds. The molecule has 0 atom stereocenters. The molecule has 0 unspecified atom stereocenters. The molecule has 0 N–H and O–H groups in total. The third-order valence-corrected chi connectivity index (χ3v) is 3.77. The molecule has 0 bridgehead atoms. The summed E-state index contributed by atoms with van der Waals surface area (Å²) in [5, 5.41) is 0. The highest BCUT2D eigenvalue weighted by atomic mass is 127. The second-order valence-corrected chi connectivity index (χ2v) is 5.96. The Balaban J connectivity index is 2.18. The van der Waals surface area contributed by atoms with Crippen LogP contribution in [0.1, 0.15) is 15.9 Å². The predicted molar refractivity (Wildman–Crippen MR) is 81.3 cm³/mol. The fourth-order valence-corrected chi connectivity index (χ4v) is 2.57. The molecule has 0 aliphatic heterocycles. The van der Waals surface area contributed by atoms with Gasteiger partial charge in [-0.05, 0) is 68.3 Å². The van der Waals surface area contributed by atoms with Crippen molar-refractivity contribution in [2.75, 3.05) is 0 Å². The van der Waals surface area contributed by atoms with Crippen LogP contribution in [0.15, 0.2) is 46.9 Å². The van der Waals surface area contributed by atoms with Crippen LogP contribution in [0.2, 0.25) is 0 Å². The number of hydrogen-bond donors (Lipinski definition) is 0. The molecule has 92 valence electrons. The standard InChI is InChI=1S/C14H9BrFIO/c15-12-6-9(4-5-13(12)16)7-14(18)10-2-1-3-11(17)8-10/h1-6,8H,7H2. The van der Waals surface area contributed by atoms with Crippen molar-refractivity contribution in [2.24, 2.45) is 0 Å². The molecule has 4 heteroatoms. The molecule has 0 fully saturated rings. The summed E-state index contributed by atoms with van der Waals surface area (Å²) in [5.41, 5.74) is 1.48. The zero-order chi connectivity index (χ0) is 13.1. The highest BCUT2D eigenvalue weighted by Crippen LogP contribution is 2.18. The topological polar surface area (TPSA) is 17.1 Å². The van der Waals surface area contributed by atoms with E-state index in [1.54, 1.807) is 18.2 Å². The Hall–Kier alpha value is -0.750. The smallest absolute Gasteiger partial charge is 0.167 e. The zero-order valence-corrected chi connectivity index (χ0v) is 13.0. The zero-order valence-electron chi connectivity index (χ0n) is 9.29. The van der Waals surface area contributed by atoms with E-state index in [9.17, 15) is 9.18 Å². The Labute approximate surface area is 127 Å². The van der Waals surface area contributed by atoms with E-state index < -0.39 is 0 Å². The number of ketones is 1. The first-order valence-corrected chi connectivity index (χ1v) is 7.16. The Bertz CT molecular complexity index is 598. The van der Waals surface area contributed by atoms with Crippen LogP contribution in [0, 0.1) is 9.39 Å². The van der Waals surface area contributed by atoms with Crippen molar-refractivity contribution in [2.45, 2.75) is 6.42 Å². The number of halogens is 3. The van der Waals surface area contributed by atoms with Crippen LogP contribution in [-0.4, -0.2) is 5.78 Å². The lowest BCUT2D eigenvalue weighted by molar-refractivity contribution is 0.0993. The van der Waals surface area contributed by atoms with Crippen molar-refractivity contribution in [1.29, 1.82) is 0 Å². The van der Waals surface area contributed by atoms with Crippen molar-refractivity contribution in [1.82, 2.24) is 0 Å². The quantitative estimate of drug-likeness (QED) is 0.525. The minimum Gasteiger partial charge on any atom is -0.294 e. The van der Waals surface area contributed by atoms with Gasteiger partial charge in [0.25, 0.3) is 0 Å². The van der Waals surface area contributed by atoms with Gasteiger partial charge in [0, 0.05) is 15.6 Å². The van der Waals surface area contributed by atoms with E-state index in [1.165, 1.54) is 6.07 Å². The molecule has 0 spiro atoms. The molecule has 2 rings (SSSR count). The maximum atomic E-state index is 13.1. The first-order chi connectivity index (χ1) is 8.56. The van der Waals surface area contributed by atoms with E-state index in [1.807, 2.05) is 18.2 Å². The molecule has 0 saturated carbocycles. The molecular formula is C14H9BrFIO. The largest absolute Gasteiger partial charge is 0.294 e. The van der Waals surface area contributed by atoms with Crippen molar-refractivity contribution in [3.05, 3.63) is 67.5 Å². The second kappa shape index (κ2) is 5.93. The van der Waals surface area contributed by atoms with Crippen molar-refractivity contribution < 1.29 is 9.18 Å². The summed E-state index contributed by atoms with van der Waals surface area (Å²) in [5.74, 6) is -0.285. The van der Waals surface area contributed by atoms with Crippen molar-refractivity contribution in [3.8, 4) is 0 Å². The fraction of sp³-hybridized carbons (Fsp3) is 0.0714. The van der Waals surface area contributed by atoms with E-state index in [4.69, 9.17) is 0 Å². The Morgan fingerprint density at radius 2 is 2.00 bits per heavy atom. The summed E-state index contributed by atoms with van der Waals surface area (Å²) >= 11 is 5.29. The van der Waals surface area contributed by atoms with Gasteiger partial charge in [-0.3, -0.25) is 4.79 Å². The van der Waals surface area contributed by atoms with Gasteiger partial charge in [-0.15, -0.1) is 0 Å².